The molecule has 1 aromatic rings. The van der Waals surface area contributed by atoms with Crippen molar-refractivity contribution in [2.45, 2.75) is 19.1 Å². The molecule has 0 unspecified atom stereocenters. The summed E-state index contributed by atoms with van der Waals surface area (Å²) in [5.41, 5.74) is 0.218. The number of hydrogen-bond donors (Lipinski definition) is 2. The third-order valence-corrected chi connectivity index (χ3v) is 3.06. The highest BCUT2D eigenvalue weighted by atomic mass is 19.4. The molecule has 1 atom stereocenters. The number of nitrogens with one attached hydrogen (secondary N) is 2. The third kappa shape index (κ3) is 4.21. The van der Waals surface area contributed by atoms with Gasteiger partial charge >= 0.3 is 18.2 Å². The molecule has 1 aromatic carbocycles. The number of allylic oxidation sites excluding steroid dienone is 1. The first-order valence-electron chi connectivity index (χ1n) is 6.45. The number of ether oxygens (including phenoxy) is 1. The second kappa shape index (κ2) is 6.27. The minimum absolute atomic E-state index is 0.0650. The van der Waals surface area contributed by atoms with E-state index in [-0.39, 0.29) is 11.3 Å². The third-order valence-electron chi connectivity index (χ3n) is 3.06. The molecule has 1 aliphatic heterocycles. The van der Waals surface area contributed by atoms with Gasteiger partial charge in [0.2, 0.25) is 0 Å². The SMILES string of the molecule is CC1=C(C(=O)OCC(F)(F)F)[C@H](c2ccc(F)cc2)NC(=O)N1. The monoisotopic (exact) mass is 332 g/mol. The zero-order valence-corrected chi connectivity index (χ0v) is 11.8. The van der Waals surface area contributed by atoms with Crippen LogP contribution in [0.25, 0.3) is 0 Å². The predicted octanol–water partition coefficient (Wildman–Crippen LogP) is 2.56. The van der Waals surface area contributed by atoms with E-state index in [1.54, 1.807) is 0 Å². The standard InChI is InChI=1S/C14H12F4N2O3/c1-7-10(12(21)23-6-14(16,17)18)11(20-13(22)19-7)8-2-4-9(15)5-3-8/h2-5,11H,6H2,1H3,(H2,19,20,22)/t11-/m0/s1. The first-order valence-corrected chi connectivity index (χ1v) is 6.45. The molecule has 1 heterocycles. The van der Waals surface area contributed by atoms with Crippen LogP contribution in [0.5, 0.6) is 0 Å². The van der Waals surface area contributed by atoms with Crippen molar-refractivity contribution in [2.75, 3.05) is 6.61 Å². The molecule has 0 saturated heterocycles. The van der Waals surface area contributed by atoms with E-state index < -0.39 is 36.6 Å². The second-order valence-corrected chi connectivity index (χ2v) is 4.81. The van der Waals surface area contributed by atoms with Crippen molar-refractivity contribution in [3.05, 3.63) is 46.9 Å². The molecule has 124 valence electrons. The fraction of sp³-hybridized carbons (Fsp3) is 0.286. The molecule has 0 aromatic heterocycles. The number of urea groups is 1. The van der Waals surface area contributed by atoms with Crippen LogP contribution in [-0.2, 0) is 9.53 Å². The summed E-state index contributed by atoms with van der Waals surface area (Å²) in [6, 6.07) is 3.18. The van der Waals surface area contributed by atoms with Gasteiger partial charge in [0.25, 0.3) is 0 Å². The molecule has 5 nitrogen and oxygen atoms in total. The zero-order valence-electron chi connectivity index (χ0n) is 11.8. The van der Waals surface area contributed by atoms with Crippen molar-refractivity contribution in [2.24, 2.45) is 0 Å². The van der Waals surface area contributed by atoms with Crippen LogP contribution in [0.3, 0.4) is 0 Å². The maximum atomic E-state index is 13.0. The smallest absolute Gasteiger partial charge is 0.422 e. The average molecular weight is 332 g/mol. The molecule has 0 aliphatic carbocycles. The zero-order chi connectivity index (χ0) is 17.2. The van der Waals surface area contributed by atoms with Crippen LogP contribution in [0.15, 0.2) is 35.5 Å². The molecule has 0 saturated carbocycles. The number of rotatable bonds is 3. The summed E-state index contributed by atoms with van der Waals surface area (Å²) in [5, 5.41) is 4.69. The quantitative estimate of drug-likeness (QED) is 0.660. The van der Waals surface area contributed by atoms with Crippen LogP contribution in [0, 0.1) is 5.82 Å². The molecule has 0 fully saturated rings. The Bertz CT molecular complexity index is 653. The fourth-order valence-electron chi connectivity index (χ4n) is 2.09. The number of benzene rings is 1. The number of carbonyl (C=O) groups is 2. The second-order valence-electron chi connectivity index (χ2n) is 4.81. The summed E-state index contributed by atoms with van der Waals surface area (Å²) in [7, 11) is 0. The maximum Gasteiger partial charge on any atom is 0.422 e. The molecule has 2 amide bonds. The topological polar surface area (TPSA) is 67.4 Å². The van der Waals surface area contributed by atoms with E-state index in [2.05, 4.69) is 15.4 Å². The first-order chi connectivity index (χ1) is 10.7. The summed E-state index contributed by atoms with van der Waals surface area (Å²) in [5.74, 6) is -1.75. The molecule has 1 aliphatic rings. The highest BCUT2D eigenvalue weighted by Crippen LogP contribution is 2.28. The van der Waals surface area contributed by atoms with Crippen molar-refractivity contribution in [3.8, 4) is 0 Å². The van der Waals surface area contributed by atoms with Crippen molar-refractivity contribution in [3.63, 3.8) is 0 Å². The lowest BCUT2D eigenvalue weighted by molar-refractivity contribution is -0.183. The van der Waals surface area contributed by atoms with Crippen LogP contribution >= 0.6 is 0 Å². The van der Waals surface area contributed by atoms with Gasteiger partial charge in [0.05, 0.1) is 11.6 Å². The van der Waals surface area contributed by atoms with E-state index in [1.165, 1.54) is 19.1 Å². The summed E-state index contributed by atoms with van der Waals surface area (Å²) < 4.78 is 53.8. The summed E-state index contributed by atoms with van der Waals surface area (Å²) in [6.45, 7) is -0.383. The van der Waals surface area contributed by atoms with E-state index in [0.717, 1.165) is 12.1 Å². The molecule has 0 spiro atoms. The van der Waals surface area contributed by atoms with Gasteiger partial charge in [0.15, 0.2) is 6.61 Å². The normalized spacial score (nSPS) is 18.3. The minimum Gasteiger partial charge on any atom is -0.453 e. The number of amides is 2. The first kappa shape index (κ1) is 16.8. The van der Waals surface area contributed by atoms with E-state index in [4.69, 9.17) is 0 Å². The Morgan fingerprint density at radius 2 is 1.87 bits per heavy atom. The van der Waals surface area contributed by atoms with Gasteiger partial charge in [0, 0.05) is 5.70 Å². The molecule has 2 rings (SSSR count). The Morgan fingerprint density at radius 3 is 2.43 bits per heavy atom. The molecule has 0 bridgehead atoms. The van der Waals surface area contributed by atoms with Crippen LogP contribution in [-0.4, -0.2) is 24.8 Å². The Kier molecular flexibility index (Phi) is 4.57. The van der Waals surface area contributed by atoms with Gasteiger partial charge in [-0.3, -0.25) is 0 Å². The van der Waals surface area contributed by atoms with Crippen molar-refractivity contribution >= 4 is 12.0 Å². The Hall–Kier alpha value is -2.58. The molecule has 9 heteroatoms. The largest absolute Gasteiger partial charge is 0.453 e. The predicted molar refractivity (Wildman–Crippen MR) is 70.5 cm³/mol. The molecular weight excluding hydrogens is 320 g/mol. The van der Waals surface area contributed by atoms with Gasteiger partial charge in [0.1, 0.15) is 5.82 Å². The summed E-state index contributed by atoms with van der Waals surface area (Å²) in [4.78, 5) is 23.5. The van der Waals surface area contributed by atoms with Gasteiger partial charge in [-0.15, -0.1) is 0 Å². The minimum atomic E-state index is -4.67. The number of esters is 1. The maximum absolute atomic E-state index is 13.0. The van der Waals surface area contributed by atoms with Crippen LogP contribution in [0.4, 0.5) is 22.4 Å². The number of hydrogen-bond acceptors (Lipinski definition) is 3. The Labute approximate surface area is 128 Å². The lowest BCUT2D eigenvalue weighted by atomic mass is 9.95. The van der Waals surface area contributed by atoms with Crippen LogP contribution in [0.1, 0.15) is 18.5 Å². The van der Waals surface area contributed by atoms with Gasteiger partial charge in [-0.1, -0.05) is 12.1 Å². The highest BCUT2D eigenvalue weighted by molar-refractivity contribution is 5.95. The van der Waals surface area contributed by atoms with Gasteiger partial charge < -0.3 is 15.4 Å². The van der Waals surface area contributed by atoms with Gasteiger partial charge in [-0.2, -0.15) is 13.2 Å². The van der Waals surface area contributed by atoms with Crippen molar-refractivity contribution in [1.29, 1.82) is 0 Å². The van der Waals surface area contributed by atoms with E-state index in [0.29, 0.717) is 5.56 Å². The van der Waals surface area contributed by atoms with E-state index in [9.17, 15) is 27.2 Å². The Balaban J connectivity index is 2.31. The number of halogens is 4. The van der Waals surface area contributed by atoms with E-state index >= 15 is 0 Å². The van der Waals surface area contributed by atoms with Gasteiger partial charge in [-0.25, -0.2) is 14.0 Å². The van der Waals surface area contributed by atoms with Crippen molar-refractivity contribution < 1.29 is 31.9 Å². The summed E-state index contributed by atoms with van der Waals surface area (Å²) in [6.07, 6.45) is -4.67. The van der Waals surface area contributed by atoms with Crippen LogP contribution in [0.2, 0.25) is 0 Å². The average Bonchev–Trinajstić information content (AvgIpc) is 2.44. The van der Waals surface area contributed by atoms with Crippen molar-refractivity contribution in [1.82, 2.24) is 10.6 Å². The molecular formula is C14H12F4N2O3. The highest BCUT2D eigenvalue weighted by Gasteiger charge is 2.35. The van der Waals surface area contributed by atoms with Crippen LogP contribution < -0.4 is 10.6 Å². The number of carbonyl (C=O) groups excluding carboxylic acids is 2. The lowest BCUT2D eigenvalue weighted by Crippen LogP contribution is -2.45. The molecule has 0 radical (unpaired) electrons. The fourth-order valence-corrected chi connectivity index (χ4v) is 2.09. The van der Waals surface area contributed by atoms with E-state index in [1.807, 2.05) is 0 Å². The molecule has 23 heavy (non-hydrogen) atoms. The summed E-state index contributed by atoms with van der Waals surface area (Å²) >= 11 is 0. The Morgan fingerprint density at radius 1 is 1.26 bits per heavy atom. The van der Waals surface area contributed by atoms with Gasteiger partial charge in [-0.05, 0) is 24.6 Å². The lowest BCUT2D eigenvalue weighted by Gasteiger charge is -2.28. The number of alkyl halides is 3. The molecule has 2 N–H and O–H groups in total.